The molecule has 1 fully saturated rings. The number of hydrogen-bond acceptors (Lipinski definition) is 5. The van der Waals surface area contributed by atoms with E-state index in [-0.39, 0.29) is 31.5 Å². The van der Waals surface area contributed by atoms with Gasteiger partial charge >= 0.3 is 0 Å². The Kier molecular flexibility index (Phi) is 7.17. The molecule has 1 heterocycles. The minimum Gasteiger partial charge on any atom is -0.396 e. The summed E-state index contributed by atoms with van der Waals surface area (Å²) in [6, 6.07) is 19.8. The van der Waals surface area contributed by atoms with Crippen LogP contribution in [0, 0.1) is 0 Å². The van der Waals surface area contributed by atoms with Crippen LogP contribution in [0.5, 0.6) is 0 Å². The summed E-state index contributed by atoms with van der Waals surface area (Å²) in [4.78, 5) is 0. The Morgan fingerprint density at radius 3 is 1.69 bits per heavy atom. The fourth-order valence-corrected chi connectivity index (χ4v) is 3.25. The summed E-state index contributed by atoms with van der Waals surface area (Å²) in [6.07, 6.45) is -1.05. The van der Waals surface area contributed by atoms with Crippen LogP contribution in [-0.2, 0) is 27.4 Å². The molecule has 2 N–H and O–H groups in total. The van der Waals surface area contributed by atoms with E-state index < -0.39 is 6.10 Å². The van der Waals surface area contributed by atoms with Crippen LogP contribution in [0.15, 0.2) is 60.7 Å². The fraction of sp³-hybridized carbons (Fsp3) is 0.429. The number of rotatable bonds is 9. The Bertz CT molecular complexity index is 633. The lowest BCUT2D eigenvalue weighted by Gasteiger charge is -2.24. The van der Waals surface area contributed by atoms with Crippen molar-refractivity contribution in [2.45, 2.75) is 44.1 Å². The Morgan fingerprint density at radius 1 is 0.731 bits per heavy atom. The summed E-state index contributed by atoms with van der Waals surface area (Å²) < 4.78 is 18.1. The molecule has 0 amide bonds. The topological polar surface area (TPSA) is 68.2 Å². The van der Waals surface area contributed by atoms with Gasteiger partial charge in [0.1, 0.15) is 18.3 Å². The van der Waals surface area contributed by atoms with Gasteiger partial charge in [-0.2, -0.15) is 0 Å². The Hall–Kier alpha value is -1.76. The van der Waals surface area contributed by atoms with E-state index in [1.807, 2.05) is 60.7 Å². The van der Waals surface area contributed by atoms with Crippen molar-refractivity contribution in [1.29, 1.82) is 0 Å². The average molecular weight is 358 g/mol. The molecule has 2 aromatic carbocycles. The largest absolute Gasteiger partial charge is 0.396 e. The highest BCUT2D eigenvalue weighted by Gasteiger charge is 2.45. The van der Waals surface area contributed by atoms with Gasteiger partial charge in [0.05, 0.1) is 25.9 Å². The lowest BCUT2D eigenvalue weighted by Crippen LogP contribution is -2.38. The van der Waals surface area contributed by atoms with Crippen molar-refractivity contribution < 1.29 is 24.4 Å². The number of ether oxygens (including phenoxy) is 3. The third-order valence-corrected chi connectivity index (χ3v) is 4.57. The van der Waals surface area contributed by atoms with Crippen LogP contribution in [0.25, 0.3) is 0 Å². The third-order valence-electron chi connectivity index (χ3n) is 4.57. The monoisotopic (exact) mass is 358 g/mol. The van der Waals surface area contributed by atoms with E-state index in [4.69, 9.17) is 14.2 Å². The molecular weight excluding hydrogens is 332 g/mol. The van der Waals surface area contributed by atoms with Crippen LogP contribution in [0.1, 0.15) is 17.5 Å². The van der Waals surface area contributed by atoms with Gasteiger partial charge in [0.15, 0.2) is 0 Å². The summed E-state index contributed by atoms with van der Waals surface area (Å²) in [5.41, 5.74) is 2.11. The minimum atomic E-state index is -0.462. The van der Waals surface area contributed by atoms with E-state index >= 15 is 0 Å². The van der Waals surface area contributed by atoms with E-state index in [0.29, 0.717) is 19.6 Å². The first-order chi connectivity index (χ1) is 12.8. The van der Waals surface area contributed by atoms with Gasteiger partial charge in [-0.1, -0.05) is 60.7 Å². The lowest BCUT2D eigenvalue weighted by atomic mass is 10.1. The average Bonchev–Trinajstić information content (AvgIpc) is 3.03. The zero-order valence-corrected chi connectivity index (χ0v) is 14.7. The van der Waals surface area contributed by atoms with Gasteiger partial charge in [0, 0.05) is 6.61 Å². The molecule has 1 saturated heterocycles. The molecule has 3 rings (SSSR count). The number of benzene rings is 2. The molecule has 0 unspecified atom stereocenters. The first kappa shape index (κ1) is 19.0. The molecular formula is C21H26O5. The summed E-state index contributed by atoms with van der Waals surface area (Å²) in [6.45, 7) is 0.703. The second-order valence-electron chi connectivity index (χ2n) is 6.43. The van der Waals surface area contributed by atoms with Gasteiger partial charge in [0.25, 0.3) is 0 Å². The molecule has 0 radical (unpaired) electrons. The standard InChI is InChI=1S/C21H26O5/c22-12-11-18-20(24-14-16-7-3-1-4-8-16)21(19(13-23)26-18)25-15-17-9-5-2-6-10-17/h1-10,18-23H,11-15H2/t18-,19-,20-,21-/m1/s1. The van der Waals surface area contributed by atoms with Gasteiger partial charge < -0.3 is 24.4 Å². The predicted octanol–water partition coefficient (Wildman–Crippen LogP) is 2.30. The van der Waals surface area contributed by atoms with Crippen LogP contribution in [0.3, 0.4) is 0 Å². The molecule has 5 nitrogen and oxygen atoms in total. The van der Waals surface area contributed by atoms with E-state index in [9.17, 15) is 10.2 Å². The molecule has 140 valence electrons. The SMILES string of the molecule is OCC[C@H]1O[C@H](CO)[C@@H](OCc2ccccc2)[C@@H]1OCc1ccccc1. The van der Waals surface area contributed by atoms with Crippen LogP contribution < -0.4 is 0 Å². The lowest BCUT2D eigenvalue weighted by molar-refractivity contribution is -0.0840. The molecule has 1 aliphatic rings. The fourth-order valence-electron chi connectivity index (χ4n) is 3.25. The maximum atomic E-state index is 9.70. The smallest absolute Gasteiger partial charge is 0.115 e. The van der Waals surface area contributed by atoms with Gasteiger partial charge in [0.2, 0.25) is 0 Å². The minimum absolute atomic E-state index is 0.000578. The number of hydrogen-bond donors (Lipinski definition) is 2. The molecule has 0 bridgehead atoms. The Morgan fingerprint density at radius 2 is 1.23 bits per heavy atom. The summed E-state index contributed by atoms with van der Waals surface area (Å²) >= 11 is 0. The van der Waals surface area contributed by atoms with Gasteiger partial charge in [-0.05, 0) is 17.5 Å². The van der Waals surface area contributed by atoms with Crippen molar-refractivity contribution in [2.24, 2.45) is 0 Å². The van der Waals surface area contributed by atoms with Crippen LogP contribution in [0.4, 0.5) is 0 Å². The maximum Gasteiger partial charge on any atom is 0.115 e. The highest BCUT2D eigenvalue weighted by Crippen LogP contribution is 2.30. The van der Waals surface area contributed by atoms with E-state index in [2.05, 4.69) is 0 Å². The van der Waals surface area contributed by atoms with Crippen LogP contribution >= 0.6 is 0 Å². The zero-order chi connectivity index (χ0) is 18.2. The highest BCUT2D eigenvalue weighted by molar-refractivity contribution is 5.14. The Labute approximate surface area is 154 Å². The number of aliphatic hydroxyl groups excluding tert-OH is 2. The summed E-state index contributed by atoms with van der Waals surface area (Å²) in [7, 11) is 0. The molecule has 4 atom stereocenters. The normalized spacial score (nSPS) is 25.5. The van der Waals surface area contributed by atoms with Crippen molar-refractivity contribution in [3.8, 4) is 0 Å². The second-order valence-corrected chi connectivity index (χ2v) is 6.43. The molecule has 0 saturated carbocycles. The van der Waals surface area contributed by atoms with Crippen molar-refractivity contribution >= 4 is 0 Å². The summed E-state index contributed by atoms with van der Waals surface area (Å²) in [5.74, 6) is 0. The summed E-state index contributed by atoms with van der Waals surface area (Å²) in [5, 5.41) is 19.0. The first-order valence-electron chi connectivity index (χ1n) is 9.00. The molecule has 26 heavy (non-hydrogen) atoms. The molecule has 2 aromatic rings. The molecule has 0 aromatic heterocycles. The van der Waals surface area contributed by atoms with E-state index in [1.54, 1.807) is 0 Å². The van der Waals surface area contributed by atoms with Crippen molar-refractivity contribution in [2.75, 3.05) is 13.2 Å². The van der Waals surface area contributed by atoms with Crippen LogP contribution in [-0.4, -0.2) is 47.8 Å². The quantitative estimate of drug-likeness (QED) is 0.720. The number of aliphatic hydroxyl groups is 2. The first-order valence-corrected chi connectivity index (χ1v) is 9.00. The van der Waals surface area contributed by atoms with Gasteiger partial charge in [-0.15, -0.1) is 0 Å². The third kappa shape index (κ3) is 4.90. The van der Waals surface area contributed by atoms with Crippen molar-refractivity contribution in [3.05, 3.63) is 71.8 Å². The van der Waals surface area contributed by atoms with Gasteiger partial charge in [-0.25, -0.2) is 0 Å². The molecule has 0 spiro atoms. The van der Waals surface area contributed by atoms with Crippen molar-refractivity contribution in [3.63, 3.8) is 0 Å². The molecule has 5 heteroatoms. The highest BCUT2D eigenvalue weighted by atomic mass is 16.6. The predicted molar refractivity (Wildman–Crippen MR) is 97.5 cm³/mol. The van der Waals surface area contributed by atoms with E-state index in [1.165, 1.54) is 0 Å². The molecule has 0 aliphatic carbocycles. The second kappa shape index (κ2) is 9.80. The maximum absolute atomic E-state index is 9.70. The Balaban J connectivity index is 1.68. The van der Waals surface area contributed by atoms with Gasteiger partial charge in [-0.3, -0.25) is 0 Å². The van der Waals surface area contributed by atoms with Crippen LogP contribution in [0.2, 0.25) is 0 Å². The van der Waals surface area contributed by atoms with E-state index in [0.717, 1.165) is 11.1 Å². The zero-order valence-electron chi connectivity index (χ0n) is 14.7. The molecule has 1 aliphatic heterocycles. The van der Waals surface area contributed by atoms with Crippen molar-refractivity contribution in [1.82, 2.24) is 0 Å².